The second-order valence-corrected chi connectivity index (χ2v) is 3.87. The first kappa shape index (κ1) is 9.77. The van der Waals surface area contributed by atoms with Gasteiger partial charge in [0.15, 0.2) is 5.95 Å². The van der Waals surface area contributed by atoms with Gasteiger partial charge < -0.3 is 10.3 Å². The van der Waals surface area contributed by atoms with Crippen LogP contribution in [-0.2, 0) is 13.5 Å². The molecule has 3 nitrogen and oxygen atoms in total. The Balaban J connectivity index is 2.22. The van der Waals surface area contributed by atoms with E-state index < -0.39 is 0 Å². The SMILES string of the molecule is Cc1cccc(Cc2cn(C)c(N)n2)c1. The number of nitrogens with two attached hydrogens (primary N) is 1. The van der Waals surface area contributed by atoms with Gasteiger partial charge in [0.25, 0.3) is 0 Å². The molecule has 3 heteroatoms. The van der Waals surface area contributed by atoms with Gasteiger partial charge in [-0.05, 0) is 12.5 Å². The van der Waals surface area contributed by atoms with E-state index in [1.54, 1.807) is 0 Å². The number of anilines is 1. The predicted octanol–water partition coefficient (Wildman–Crippen LogP) is 1.90. The summed E-state index contributed by atoms with van der Waals surface area (Å²) in [6, 6.07) is 8.44. The smallest absolute Gasteiger partial charge is 0.200 e. The van der Waals surface area contributed by atoms with Crippen molar-refractivity contribution in [3.63, 3.8) is 0 Å². The van der Waals surface area contributed by atoms with Crippen molar-refractivity contribution in [1.82, 2.24) is 9.55 Å². The van der Waals surface area contributed by atoms with Crippen molar-refractivity contribution in [2.45, 2.75) is 13.3 Å². The van der Waals surface area contributed by atoms with E-state index in [4.69, 9.17) is 5.73 Å². The average molecular weight is 201 g/mol. The van der Waals surface area contributed by atoms with Gasteiger partial charge in [-0.3, -0.25) is 0 Å². The number of aryl methyl sites for hydroxylation is 2. The van der Waals surface area contributed by atoms with Crippen molar-refractivity contribution in [2.75, 3.05) is 5.73 Å². The number of hydrogen-bond donors (Lipinski definition) is 1. The van der Waals surface area contributed by atoms with Crippen molar-refractivity contribution in [3.05, 3.63) is 47.3 Å². The van der Waals surface area contributed by atoms with Crippen LogP contribution in [0.25, 0.3) is 0 Å². The van der Waals surface area contributed by atoms with E-state index in [-0.39, 0.29) is 0 Å². The maximum Gasteiger partial charge on any atom is 0.200 e. The first-order chi connectivity index (χ1) is 7.15. The molecule has 0 bridgehead atoms. The van der Waals surface area contributed by atoms with Crippen LogP contribution in [0.2, 0.25) is 0 Å². The van der Waals surface area contributed by atoms with E-state index in [9.17, 15) is 0 Å². The predicted molar refractivity (Wildman–Crippen MR) is 61.6 cm³/mol. The Labute approximate surface area is 89.6 Å². The summed E-state index contributed by atoms with van der Waals surface area (Å²) in [4.78, 5) is 4.28. The van der Waals surface area contributed by atoms with Gasteiger partial charge in [-0.25, -0.2) is 4.98 Å². The minimum Gasteiger partial charge on any atom is -0.369 e. The van der Waals surface area contributed by atoms with Crippen LogP contribution in [0.1, 0.15) is 16.8 Å². The molecular formula is C12H15N3. The summed E-state index contributed by atoms with van der Waals surface area (Å²) in [5, 5.41) is 0. The quantitative estimate of drug-likeness (QED) is 0.806. The van der Waals surface area contributed by atoms with Gasteiger partial charge in [0, 0.05) is 19.7 Å². The molecule has 2 aromatic rings. The number of aromatic nitrogens is 2. The summed E-state index contributed by atoms with van der Waals surface area (Å²) >= 11 is 0. The number of nitrogen functional groups attached to an aromatic ring is 1. The minimum absolute atomic E-state index is 0.567. The number of benzene rings is 1. The molecule has 0 saturated carbocycles. The van der Waals surface area contributed by atoms with E-state index in [0.717, 1.165) is 12.1 Å². The molecule has 0 unspecified atom stereocenters. The summed E-state index contributed by atoms with van der Waals surface area (Å²) in [5.41, 5.74) is 9.24. The fraction of sp³-hybridized carbons (Fsp3) is 0.250. The summed E-state index contributed by atoms with van der Waals surface area (Å²) in [5.74, 6) is 0.567. The fourth-order valence-corrected chi connectivity index (χ4v) is 1.66. The normalized spacial score (nSPS) is 10.5. The van der Waals surface area contributed by atoms with Crippen LogP contribution in [0.15, 0.2) is 30.5 Å². The third-order valence-corrected chi connectivity index (χ3v) is 2.43. The van der Waals surface area contributed by atoms with E-state index in [0.29, 0.717) is 5.95 Å². The summed E-state index contributed by atoms with van der Waals surface area (Å²) in [6.45, 7) is 2.09. The van der Waals surface area contributed by atoms with E-state index in [1.807, 2.05) is 17.8 Å². The van der Waals surface area contributed by atoms with Gasteiger partial charge in [-0.2, -0.15) is 0 Å². The zero-order valence-electron chi connectivity index (χ0n) is 9.07. The molecule has 1 heterocycles. The molecule has 0 aliphatic heterocycles. The Morgan fingerprint density at radius 3 is 2.80 bits per heavy atom. The van der Waals surface area contributed by atoms with Crippen LogP contribution >= 0.6 is 0 Å². The minimum atomic E-state index is 0.567. The van der Waals surface area contributed by atoms with Gasteiger partial charge in [-0.15, -0.1) is 0 Å². The number of imidazole rings is 1. The largest absolute Gasteiger partial charge is 0.369 e. The van der Waals surface area contributed by atoms with E-state index in [2.05, 4.69) is 36.2 Å². The van der Waals surface area contributed by atoms with Crippen molar-refractivity contribution >= 4 is 5.95 Å². The zero-order chi connectivity index (χ0) is 10.8. The molecule has 0 spiro atoms. The average Bonchev–Trinajstić information content (AvgIpc) is 2.45. The summed E-state index contributed by atoms with van der Waals surface area (Å²) < 4.78 is 1.84. The number of rotatable bonds is 2. The molecule has 0 amide bonds. The lowest BCUT2D eigenvalue weighted by molar-refractivity contribution is 0.928. The molecule has 0 aliphatic carbocycles. The molecule has 2 rings (SSSR count). The van der Waals surface area contributed by atoms with Crippen molar-refractivity contribution in [2.24, 2.45) is 7.05 Å². The molecule has 0 fully saturated rings. The van der Waals surface area contributed by atoms with Crippen LogP contribution < -0.4 is 5.73 Å². The highest BCUT2D eigenvalue weighted by molar-refractivity contribution is 5.29. The molecule has 15 heavy (non-hydrogen) atoms. The van der Waals surface area contributed by atoms with Crippen LogP contribution in [0.4, 0.5) is 5.95 Å². The van der Waals surface area contributed by atoms with E-state index >= 15 is 0 Å². The monoisotopic (exact) mass is 201 g/mol. The zero-order valence-corrected chi connectivity index (χ0v) is 9.07. The Kier molecular flexibility index (Phi) is 2.46. The highest BCUT2D eigenvalue weighted by Gasteiger charge is 2.02. The lowest BCUT2D eigenvalue weighted by Gasteiger charge is -1.99. The molecule has 0 aliphatic rings. The van der Waals surface area contributed by atoms with Crippen molar-refractivity contribution in [3.8, 4) is 0 Å². The maximum absolute atomic E-state index is 5.68. The van der Waals surface area contributed by atoms with E-state index in [1.165, 1.54) is 11.1 Å². The third-order valence-electron chi connectivity index (χ3n) is 2.43. The summed E-state index contributed by atoms with van der Waals surface area (Å²) in [7, 11) is 1.90. The highest BCUT2D eigenvalue weighted by Crippen LogP contribution is 2.11. The first-order valence-corrected chi connectivity index (χ1v) is 4.98. The Morgan fingerprint density at radius 2 is 2.20 bits per heavy atom. The molecule has 1 aromatic heterocycles. The van der Waals surface area contributed by atoms with Gasteiger partial charge in [0.1, 0.15) is 0 Å². The summed E-state index contributed by atoms with van der Waals surface area (Å²) in [6.07, 6.45) is 2.81. The van der Waals surface area contributed by atoms with Crippen LogP contribution in [0.5, 0.6) is 0 Å². The van der Waals surface area contributed by atoms with Crippen LogP contribution in [-0.4, -0.2) is 9.55 Å². The van der Waals surface area contributed by atoms with Gasteiger partial charge >= 0.3 is 0 Å². The molecule has 1 aromatic carbocycles. The molecular weight excluding hydrogens is 186 g/mol. The Hall–Kier alpha value is -1.77. The van der Waals surface area contributed by atoms with Gasteiger partial charge in [0.2, 0.25) is 0 Å². The number of hydrogen-bond acceptors (Lipinski definition) is 2. The topological polar surface area (TPSA) is 43.8 Å². The molecule has 0 radical (unpaired) electrons. The lowest BCUT2D eigenvalue weighted by atomic mass is 10.1. The fourth-order valence-electron chi connectivity index (χ4n) is 1.66. The Morgan fingerprint density at radius 1 is 1.40 bits per heavy atom. The molecule has 2 N–H and O–H groups in total. The maximum atomic E-state index is 5.68. The van der Waals surface area contributed by atoms with Crippen molar-refractivity contribution in [1.29, 1.82) is 0 Å². The van der Waals surface area contributed by atoms with Crippen LogP contribution in [0.3, 0.4) is 0 Å². The molecule has 0 saturated heterocycles. The third kappa shape index (κ3) is 2.18. The lowest BCUT2D eigenvalue weighted by Crippen LogP contribution is -1.94. The van der Waals surface area contributed by atoms with Gasteiger partial charge in [-0.1, -0.05) is 29.8 Å². The first-order valence-electron chi connectivity index (χ1n) is 4.98. The second kappa shape index (κ2) is 3.77. The van der Waals surface area contributed by atoms with Crippen molar-refractivity contribution < 1.29 is 0 Å². The Bertz CT molecular complexity index is 452. The molecule has 0 atom stereocenters. The molecule has 78 valence electrons. The highest BCUT2D eigenvalue weighted by atomic mass is 15.1. The van der Waals surface area contributed by atoms with Crippen LogP contribution in [0, 0.1) is 6.92 Å². The van der Waals surface area contributed by atoms with Gasteiger partial charge in [0.05, 0.1) is 5.69 Å². The second-order valence-electron chi connectivity index (χ2n) is 3.87. The standard InChI is InChI=1S/C12H15N3/c1-9-4-3-5-10(6-9)7-11-8-15(2)12(13)14-11/h3-6,8H,7H2,1-2H3,(H2,13,14). The number of nitrogens with zero attached hydrogens (tertiary/aromatic N) is 2.